The highest BCUT2D eigenvalue weighted by molar-refractivity contribution is 7.09. The minimum absolute atomic E-state index is 0.347. The van der Waals surface area contributed by atoms with Gasteiger partial charge in [0.2, 0.25) is 0 Å². The maximum Gasteiger partial charge on any atom is 0.283 e. The van der Waals surface area contributed by atoms with Crippen LogP contribution in [0.3, 0.4) is 0 Å². The van der Waals surface area contributed by atoms with Gasteiger partial charge in [-0.25, -0.2) is 0 Å². The van der Waals surface area contributed by atoms with Crippen molar-refractivity contribution in [3.63, 3.8) is 0 Å². The molecule has 2 aromatic rings. The van der Waals surface area contributed by atoms with Crippen LogP contribution in [0.1, 0.15) is 15.2 Å². The molecule has 0 aliphatic rings. The third-order valence-corrected chi connectivity index (χ3v) is 4.13. The monoisotopic (exact) mass is 340 g/mol. The molecule has 0 aliphatic heterocycles. The van der Waals surface area contributed by atoms with Crippen molar-refractivity contribution in [2.75, 3.05) is 20.8 Å². The molecule has 1 amide bonds. The number of rotatable bonds is 5. The third kappa shape index (κ3) is 3.97. The number of amides is 1. The molecule has 0 spiro atoms. The van der Waals surface area contributed by atoms with Crippen LogP contribution >= 0.6 is 22.9 Å². The van der Waals surface area contributed by atoms with Crippen molar-refractivity contribution in [3.05, 3.63) is 44.7 Å². The molecule has 1 heterocycles. The lowest BCUT2D eigenvalue weighted by atomic mass is 10.2. The Balaban J connectivity index is 2.41. The molecule has 2 rings (SSSR count). The summed E-state index contributed by atoms with van der Waals surface area (Å²) < 4.78 is 12.2. The van der Waals surface area contributed by atoms with Gasteiger partial charge in [0.05, 0.1) is 19.3 Å². The molecule has 0 N–H and O–H groups in total. The van der Waals surface area contributed by atoms with E-state index in [0.29, 0.717) is 34.3 Å². The molecule has 0 aliphatic carbocycles. The summed E-state index contributed by atoms with van der Waals surface area (Å²) in [6, 6.07) is 4.89. The van der Waals surface area contributed by atoms with E-state index in [9.17, 15) is 4.79 Å². The summed E-state index contributed by atoms with van der Waals surface area (Å²) >= 11 is 7.41. The molecule has 0 fully saturated rings. The number of hydrogen-bond donors (Lipinski definition) is 0. The summed E-state index contributed by atoms with van der Waals surface area (Å²) in [6.07, 6.45) is 1.95. The number of hydrogen-bond acceptors (Lipinski definition) is 4. The minimum Gasteiger partial charge on any atom is -0.496 e. The lowest BCUT2D eigenvalue weighted by Crippen LogP contribution is -2.18. The molecule has 7 heteroatoms. The molecule has 0 radical (unpaired) electrons. The Bertz CT molecular complexity index is 737. The van der Waals surface area contributed by atoms with E-state index >= 15 is 0 Å². The number of ether oxygens (including phenoxy) is 2. The molecule has 1 aromatic heterocycles. The second-order valence-electron chi connectivity index (χ2n) is 4.57. The molecular weight excluding hydrogens is 324 g/mol. The van der Waals surface area contributed by atoms with Crippen molar-refractivity contribution >= 4 is 28.8 Å². The standard InChI is InChI=1S/C15H17ClN2O3S/c1-10-9-18(6-7-20-2)15(22-10)17-14(19)12-8-11(16)4-5-13(12)21-3/h4-5,8-9H,6-7H2,1-3H3/b17-15-. The fraction of sp³-hybridized carbons (Fsp3) is 0.333. The normalized spacial score (nSPS) is 11.7. The molecule has 118 valence electrons. The predicted octanol–water partition coefficient (Wildman–Crippen LogP) is 2.91. The van der Waals surface area contributed by atoms with Gasteiger partial charge in [-0.3, -0.25) is 4.79 Å². The van der Waals surface area contributed by atoms with Crippen LogP contribution in [-0.4, -0.2) is 31.3 Å². The Morgan fingerprint density at radius 2 is 2.18 bits per heavy atom. The van der Waals surface area contributed by atoms with Gasteiger partial charge in [-0.05, 0) is 25.1 Å². The SMILES string of the molecule is COCCn1cc(C)s/c1=N\C(=O)c1cc(Cl)ccc1OC. The maximum absolute atomic E-state index is 12.4. The number of benzene rings is 1. The summed E-state index contributed by atoms with van der Waals surface area (Å²) in [7, 11) is 3.15. The van der Waals surface area contributed by atoms with Gasteiger partial charge < -0.3 is 14.0 Å². The van der Waals surface area contributed by atoms with Crippen molar-refractivity contribution in [2.24, 2.45) is 4.99 Å². The van der Waals surface area contributed by atoms with Gasteiger partial charge in [-0.1, -0.05) is 11.6 Å². The van der Waals surface area contributed by atoms with Crippen LogP contribution in [0.4, 0.5) is 0 Å². The van der Waals surface area contributed by atoms with E-state index in [-0.39, 0.29) is 5.91 Å². The summed E-state index contributed by atoms with van der Waals surface area (Å²) in [5, 5.41) is 0.467. The van der Waals surface area contributed by atoms with Crippen LogP contribution in [0.25, 0.3) is 0 Å². The molecule has 0 saturated heterocycles. The molecule has 0 atom stereocenters. The van der Waals surface area contributed by atoms with Crippen molar-refractivity contribution in [3.8, 4) is 5.75 Å². The number of nitrogens with zero attached hydrogens (tertiary/aromatic N) is 2. The van der Waals surface area contributed by atoms with Crippen molar-refractivity contribution < 1.29 is 14.3 Å². The topological polar surface area (TPSA) is 52.8 Å². The first-order valence-corrected chi connectivity index (χ1v) is 7.83. The van der Waals surface area contributed by atoms with E-state index in [4.69, 9.17) is 21.1 Å². The van der Waals surface area contributed by atoms with Crippen molar-refractivity contribution in [1.82, 2.24) is 4.57 Å². The maximum atomic E-state index is 12.4. The zero-order valence-corrected chi connectivity index (χ0v) is 14.2. The zero-order valence-electron chi connectivity index (χ0n) is 12.6. The Hall–Kier alpha value is -1.63. The Kier molecular flexibility index (Phi) is 5.76. The highest BCUT2D eigenvalue weighted by atomic mass is 35.5. The number of aryl methyl sites for hydroxylation is 1. The van der Waals surface area contributed by atoms with E-state index in [0.717, 1.165) is 4.88 Å². The average Bonchev–Trinajstić information content (AvgIpc) is 2.84. The fourth-order valence-corrected chi connectivity index (χ4v) is 2.96. The Morgan fingerprint density at radius 1 is 1.41 bits per heavy atom. The number of carbonyl (C=O) groups excluding carboxylic acids is 1. The van der Waals surface area contributed by atoms with Gasteiger partial charge in [0.15, 0.2) is 4.80 Å². The number of carbonyl (C=O) groups is 1. The lowest BCUT2D eigenvalue weighted by Gasteiger charge is -2.05. The van der Waals surface area contributed by atoms with E-state index in [2.05, 4.69) is 4.99 Å². The van der Waals surface area contributed by atoms with E-state index < -0.39 is 0 Å². The molecular formula is C15H17ClN2O3S. The highest BCUT2D eigenvalue weighted by Gasteiger charge is 2.13. The molecule has 1 aromatic carbocycles. The number of halogens is 1. The van der Waals surface area contributed by atoms with E-state index in [1.165, 1.54) is 18.4 Å². The molecule has 0 unspecified atom stereocenters. The van der Waals surface area contributed by atoms with Crippen LogP contribution in [0.2, 0.25) is 5.02 Å². The first kappa shape index (κ1) is 16.7. The average molecular weight is 341 g/mol. The molecule has 22 heavy (non-hydrogen) atoms. The number of methoxy groups -OCH3 is 2. The number of aromatic nitrogens is 1. The van der Waals surface area contributed by atoms with Crippen LogP contribution in [-0.2, 0) is 11.3 Å². The fourth-order valence-electron chi connectivity index (χ4n) is 1.93. The second kappa shape index (κ2) is 7.58. The second-order valence-corrected chi connectivity index (χ2v) is 6.22. The molecule has 0 bridgehead atoms. The van der Waals surface area contributed by atoms with Crippen LogP contribution in [0, 0.1) is 6.92 Å². The van der Waals surface area contributed by atoms with Crippen LogP contribution in [0.5, 0.6) is 5.75 Å². The van der Waals surface area contributed by atoms with Crippen molar-refractivity contribution in [2.45, 2.75) is 13.5 Å². The summed E-state index contributed by atoms with van der Waals surface area (Å²) in [5.41, 5.74) is 0.347. The van der Waals surface area contributed by atoms with E-state index in [1.807, 2.05) is 17.7 Å². The van der Waals surface area contributed by atoms with Gasteiger partial charge in [0, 0.05) is 29.8 Å². The van der Waals surface area contributed by atoms with Gasteiger partial charge in [0.1, 0.15) is 5.75 Å². The van der Waals surface area contributed by atoms with Gasteiger partial charge in [0.25, 0.3) is 5.91 Å². The largest absolute Gasteiger partial charge is 0.496 e. The molecule has 5 nitrogen and oxygen atoms in total. The Morgan fingerprint density at radius 3 is 2.86 bits per heavy atom. The molecule has 0 saturated carbocycles. The van der Waals surface area contributed by atoms with Crippen LogP contribution in [0.15, 0.2) is 29.4 Å². The van der Waals surface area contributed by atoms with Gasteiger partial charge in [-0.15, -0.1) is 11.3 Å². The first-order chi connectivity index (χ1) is 10.5. The quantitative estimate of drug-likeness (QED) is 0.841. The highest BCUT2D eigenvalue weighted by Crippen LogP contribution is 2.23. The van der Waals surface area contributed by atoms with Gasteiger partial charge in [-0.2, -0.15) is 4.99 Å². The summed E-state index contributed by atoms with van der Waals surface area (Å²) in [5.74, 6) is 0.0715. The van der Waals surface area contributed by atoms with Crippen LogP contribution < -0.4 is 9.54 Å². The first-order valence-electron chi connectivity index (χ1n) is 6.63. The smallest absolute Gasteiger partial charge is 0.283 e. The minimum atomic E-state index is -0.382. The van der Waals surface area contributed by atoms with Gasteiger partial charge >= 0.3 is 0 Å². The lowest BCUT2D eigenvalue weighted by molar-refractivity contribution is 0.0994. The third-order valence-electron chi connectivity index (χ3n) is 2.96. The number of thiazole rings is 1. The summed E-state index contributed by atoms with van der Waals surface area (Å²) in [4.78, 5) is 18.3. The zero-order chi connectivity index (χ0) is 16.1. The predicted molar refractivity (Wildman–Crippen MR) is 86.8 cm³/mol. The Labute approximate surface area is 137 Å². The van der Waals surface area contributed by atoms with E-state index in [1.54, 1.807) is 25.3 Å². The summed E-state index contributed by atoms with van der Waals surface area (Å²) in [6.45, 7) is 3.16. The van der Waals surface area contributed by atoms with Crippen molar-refractivity contribution in [1.29, 1.82) is 0 Å².